The number of ketones is 4. The molecule has 0 radical (unpaired) electrons. The van der Waals surface area contributed by atoms with Crippen molar-refractivity contribution in [3.05, 3.63) is 0 Å². The van der Waals surface area contributed by atoms with Crippen molar-refractivity contribution in [2.45, 2.75) is 81.6 Å². The first kappa shape index (κ1) is 38.3. The molecule has 6 heteroatoms. The third kappa shape index (κ3) is 26.8. The predicted octanol–water partition coefficient (Wildman–Crippen LogP) is 1.01. The van der Waals surface area contributed by atoms with Gasteiger partial charge in [-0.3, -0.25) is 14.4 Å². The molecule has 0 amide bonds. The van der Waals surface area contributed by atoms with Crippen LogP contribution in [0.5, 0.6) is 0 Å². The fourth-order valence-corrected chi connectivity index (χ4v) is 0.888. The van der Waals surface area contributed by atoms with E-state index in [1.54, 1.807) is 6.92 Å². The largest absolute Gasteiger partial charge is 1.00 e. The molecule has 134 valence electrons. The number of carbonyl (C=O) groups is 4. The Labute approximate surface area is 164 Å². The Hall–Kier alpha value is -0.360. The van der Waals surface area contributed by atoms with Crippen LogP contribution in [0.2, 0.25) is 0 Å². The number of rotatable bonds is 2. The molecule has 0 aromatic carbocycles. The first-order chi connectivity index (χ1) is 8.88. The van der Waals surface area contributed by atoms with Gasteiger partial charge in [-0.05, 0) is 20.3 Å². The fourth-order valence-electron chi connectivity index (χ4n) is 0.888. The van der Waals surface area contributed by atoms with Crippen molar-refractivity contribution >= 4 is 23.1 Å². The van der Waals surface area contributed by atoms with Crippen molar-refractivity contribution in [2.24, 2.45) is 5.92 Å². The zero-order chi connectivity index (χ0) is 15.4. The normalized spacial score (nSPS) is 15.1. The Balaban J connectivity index is -0.0000000431. The van der Waals surface area contributed by atoms with E-state index in [1.165, 1.54) is 6.92 Å². The van der Waals surface area contributed by atoms with Gasteiger partial charge in [0.15, 0.2) is 0 Å². The molecule has 23 heavy (non-hydrogen) atoms. The van der Waals surface area contributed by atoms with Gasteiger partial charge in [-0.2, -0.15) is 0 Å². The molecule has 5 nitrogen and oxygen atoms in total. The standard InChI is InChI=1S/C6H8O2.C4H8O.C3H4O.C2H6.2CH4.Na.H2O/c1-4(7)5-2-3-6(5)8;1-3-4(2)5;4-3-1-2-3;1-2;;;;/h5H,2-3H2,1H3;3H2,1-2H3;1-2H2;1-2H3;2*1H4;;1H2/q;;;;;;+1;/p-1. The van der Waals surface area contributed by atoms with Crippen LogP contribution in [0.15, 0.2) is 0 Å². The molecule has 2 aliphatic carbocycles. The van der Waals surface area contributed by atoms with Crippen molar-refractivity contribution in [3.8, 4) is 0 Å². The molecule has 1 atom stereocenters. The van der Waals surface area contributed by atoms with Gasteiger partial charge in [-0.15, -0.1) is 0 Å². The van der Waals surface area contributed by atoms with Crippen LogP contribution in [-0.4, -0.2) is 28.6 Å². The third-order valence-electron chi connectivity index (χ3n) is 2.51. The molecule has 1 unspecified atom stereocenters. The molecule has 0 saturated heterocycles. The number of Topliss-reactive ketones (excluding diaryl/α,β-unsaturated/α-hetero) is 4. The van der Waals surface area contributed by atoms with E-state index in [-0.39, 0.29) is 73.2 Å². The van der Waals surface area contributed by atoms with E-state index in [1.807, 2.05) is 20.8 Å². The maximum Gasteiger partial charge on any atom is 1.00 e. The summed E-state index contributed by atoms with van der Waals surface area (Å²) in [6.45, 7) is 8.91. The van der Waals surface area contributed by atoms with E-state index in [0.29, 0.717) is 18.6 Å². The Morgan fingerprint density at radius 1 is 1.00 bits per heavy atom. The summed E-state index contributed by atoms with van der Waals surface area (Å²) in [6, 6.07) is 0. The minimum Gasteiger partial charge on any atom is -0.870 e. The quantitative estimate of drug-likeness (QED) is 0.551. The molecule has 2 rings (SSSR count). The van der Waals surface area contributed by atoms with Gasteiger partial charge in [0, 0.05) is 25.7 Å². The molecule has 0 bridgehead atoms. The summed E-state index contributed by atoms with van der Waals surface area (Å²) >= 11 is 0. The van der Waals surface area contributed by atoms with Crippen LogP contribution in [0.1, 0.15) is 81.6 Å². The molecule has 2 saturated carbocycles. The van der Waals surface area contributed by atoms with Crippen LogP contribution in [0.4, 0.5) is 0 Å². The SMILES string of the molecule is C.C.CC.CC(=O)C1CCC1=O.CCC(C)=O.O=C1CC1.[Na+].[OH-]. The van der Waals surface area contributed by atoms with Crippen molar-refractivity contribution in [1.29, 1.82) is 0 Å². The van der Waals surface area contributed by atoms with Crippen LogP contribution in [0.25, 0.3) is 0 Å². The van der Waals surface area contributed by atoms with Gasteiger partial charge >= 0.3 is 29.6 Å². The summed E-state index contributed by atoms with van der Waals surface area (Å²) in [5.41, 5.74) is 0. The molecule has 0 aromatic heterocycles. The fraction of sp³-hybridized carbons (Fsp3) is 0.765. The van der Waals surface area contributed by atoms with Crippen molar-refractivity contribution < 1.29 is 54.2 Å². The van der Waals surface area contributed by atoms with Gasteiger partial charge in [0.05, 0.1) is 5.92 Å². The molecule has 2 aliphatic rings. The Kier molecular flexibility index (Phi) is 39.8. The zero-order valence-electron chi connectivity index (χ0n) is 14.2. The van der Waals surface area contributed by atoms with Gasteiger partial charge in [-0.1, -0.05) is 35.6 Å². The maximum atomic E-state index is 10.5. The van der Waals surface area contributed by atoms with E-state index >= 15 is 0 Å². The van der Waals surface area contributed by atoms with Gasteiger partial charge in [0.25, 0.3) is 0 Å². The molecular weight excluding hydrogens is 307 g/mol. The van der Waals surface area contributed by atoms with E-state index in [9.17, 15) is 19.2 Å². The minimum atomic E-state index is -0.227. The van der Waals surface area contributed by atoms with Crippen LogP contribution in [-0.2, 0) is 19.2 Å². The first-order valence-corrected chi connectivity index (χ1v) is 6.92. The monoisotopic (exact) mass is 342 g/mol. The molecule has 0 aliphatic heterocycles. The van der Waals surface area contributed by atoms with Crippen LogP contribution < -0.4 is 29.6 Å². The predicted molar refractivity (Wildman–Crippen MR) is 90.4 cm³/mol. The number of carbonyl (C=O) groups excluding carboxylic acids is 4. The Bertz CT molecular complexity index is 313. The molecule has 0 heterocycles. The number of hydrogen-bond acceptors (Lipinski definition) is 5. The number of hydrogen-bond donors (Lipinski definition) is 0. The second-order valence-electron chi connectivity index (χ2n) is 4.26. The first-order valence-electron chi connectivity index (χ1n) is 6.92. The van der Waals surface area contributed by atoms with Crippen molar-refractivity contribution in [1.82, 2.24) is 0 Å². The summed E-state index contributed by atoms with van der Waals surface area (Å²) in [5, 5.41) is 0. The summed E-state index contributed by atoms with van der Waals surface area (Å²) in [6.07, 6.45) is 3.76. The summed E-state index contributed by atoms with van der Waals surface area (Å²) < 4.78 is 0. The Morgan fingerprint density at radius 2 is 1.30 bits per heavy atom. The topological polar surface area (TPSA) is 98.3 Å². The molecule has 1 N–H and O–H groups in total. The third-order valence-corrected chi connectivity index (χ3v) is 2.51. The molecular formula is C17H35NaO5. The summed E-state index contributed by atoms with van der Waals surface area (Å²) in [4.78, 5) is 40.2. The van der Waals surface area contributed by atoms with Gasteiger partial charge in [0.1, 0.15) is 23.1 Å². The molecule has 0 aromatic rings. The summed E-state index contributed by atoms with van der Waals surface area (Å²) in [7, 11) is 0. The Morgan fingerprint density at radius 3 is 1.30 bits per heavy atom. The second kappa shape index (κ2) is 23.9. The van der Waals surface area contributed by atoms with Crippen molar-refractivity contribution in [2.75, 3.05) is 0 Å². The average molecular weight is 342 g/mol. The zero-order valence-corrected chi connectivity index (χ0v) is 16.2. The molecule has 0 spiro atoms. The van der Waals surface area contributed by atoms with Crippen LogP contribution in [0.3, 0.4) is 0 Å². The summed E-state index contributed by atoms with van der Waals surface area (Å²) in [5.74, 6) is 0.596. The smallest absolute Gasteiger partial charge is 0.870 e. The maximum absolute atomic E-state index is 10.5. The van der Waals surface area contributed by atoms with Crippen LogP contribution in [0, 0.1) is 5.92 Å². The van der Waals surface area contributed by atoms with Gasteiger partial charge in [-0.25, -0.2) is 0 Å². The van der Waals surface area contributed by atoms with Gasteiger partial charge in [0.2, 0.25) is 0 Å². The van der Waals surface area contributed by atoms with E-state index in [2.05, 4.69) is 0 Å². The second-order valence-corrected chi connectivity index (χ2v) is 4.26. The average Bonchev–Trinajstić information content (AvgIpc) is 3.13. The van der Waals surface area contributed by atoms with Crippen molar-refractivity contribution in [3.63, 3.8) is 0 Å². The van der Waals surface area contributed by atoms with Gasteiger partial charge < -0.3 is 10.3 Å². The van der Waals surface area contributed by atoms with Crippen LogP contribution >= 0.6 is 0 Å². The molecule has 2 fully saturated rings. The minimum absolute atomic E-state index is 0. The van der Waals surface area contributed by atoms with E-state index < -0.39 is 0 Å². The van der Waals surface area contributed by atoms with E-state index in [4.69, 9.17) is 0 Å². The van der Waals surface area contributed by atoms with E-state index in [0.717, 1.165) is 19.3 Å².